The number of likely N-dealkylation sites (tertiary alicyclic amines) is 1. The third-order valence-electron chi connectivity index (χ3n) is 5.62. The Morgan fingerprint density at radius 2 is 1.81 bits per heavy atom. The molecule has 1 atom stereocenters. The van der Waals surface area contributed by atoms with E-state index >= 15 is 0 Å². The van der Waals surface area contributed by atoms with E-state index in [1.165, 1.54) is 12.1 Å². The molecule has 1 aliphatic rings. The average Bonchev–Trinajstić information content (AvgIpc) is 3.50. The Bertz CT molecular complexity index is 1150. The summed E-state index contributed by atoms with van der Waals surface area (Å²) in [6, 6.07) is 16.8. The highest BCUT2D eigenvalue weighted by Crippen LogP contribution is 2.25. The molecule has 7 nitrogen and oxygen atoms in total. The summed E-state index contributed by atoms with van der Waals surface area (Å²) in [7, 11) is -3.82. The third kappa shape index (κ3) is 5.20. The molecule has 0 radical (unpaired) electrons. The summed E-state index contributed by atoms with van der Waals surface area (Å²) in [4.78, 5) is 15.2. The summed E-state index contributed by atoms with van der Waals surface area (Å²) in [5.41, 5.74) is 1.79. The number of carbonyl (C=O) groups excluding carboxylic acids is 1. The van der Waals surface area contributed by atoms with E-state index in [0.717, 1.165) is 37.3 Å². The van der Waals surface area contributed by atoms with E-state index in [0.29, 0.717) is 12.2 Å². The molecule has 8 heteroatoms. The fraction of sp³-hybridized carbons (Fsp3) is 0.292. The summed E-state index contributed by atoms with van der Waals surface area (Å²) in [5, 5.41) is 2.94. The number of furan rings is 1. The first-order valence-electron chi connectivity index (χ1n) is 10.7. The molecule has 2 aromatic carbocycles. The molecule has 0 saturated carbocycles. The first-order chi connectivity index (χ1) is 15.4. The van der Waals surface area contributed by atoms with Crippen molar-refractivity contribution in [3.63, 3.8) is 0 Å². The lowest BCUT2D eigenvalue weighted by Crippen LogP contribution is -2.36. The van der Waals surface area contributed by atoms with Crippen molar-refractivity contribution >= 4 is 21.6 Å². The largest absolute Gasteiger partial charge is 0.468 e. The number of nitrogens with zero attached hydrogens (tertiary/aromatic N) is 1. The number of anilines is 1. The van der Waals surface area contributed by atoms with E-state index < -0.39 is 10.0 Å². The molecule has 168 valence electrons. The van der Waals surface area contributed by atoms with Gasteiger partial charge >= 0.3 is 0 Å². The fourth-order valence-electron chi connectivity index (χ4n) is 3.88. The maximum Gasteiger partial charge on any atom is 0.261 e. The summed E-state index contributed by atoms with van der Waals surface area (Å²) in [6.45, 7) is 4.23. The summed E-state index contributed by atoms with van der Waals surface area (Å²) >= 11 is 0. The van der Waals surface area contributed by atoms with Crippen molar-refractivity contribution < 1.29 is 17.6 Å². The Kier molecular flexibility index (Phi) is 6.62. The van der Waals surface area contributed by atoms with Gasteiger partial charge in [0.1, 0.15) is 5.76 Å². The average molecular weight is 454 g/mol. The minimum atomic E-state index is -3.82. The Morgan fingerprint density at radius 1 is 1.06 bits per heavy atom. The van der Waals surface area contributed by atoms with Crippen LogP contribution >= 0.6 is 0 Å². The van der Waals surface area contributed by atoms with Crippen molar-refractivity contribution in [1.82, 2.24) is 10.2 Å². The van der Waals surface area contributed by atoms with Gasteiger partial charge in [-0.05, 0) is 75.3 Å². The number of hydrogen-bond donors (Lipinski definition) is 2. The van der Waals surface area contributed by atoms with Crippen molar-refractivity contribution in [2.24, 2.45) is 0 Å². The molecule has 2 heterocycles. The number of amides is 1. The predicted molar refractivity (Wildman–Crippen MR) is 123 cm³/mol. The van der Waals surface area contributed by atoms with Crippen LogP contribution in [-0.2, 0) is 10.0 Å². The number of nitrogens with one attached hydrogen (secondary N) is 2. The number of sulfonamides is 1. The Morgan fingerprint density at radius 3 is 2.50 bits per heavy atom. The molecule has 1 aliphatic heterocycles. The van der Waals surface area contributed by atoms with Crippen molar-refractivity contribution in [2.75, 3.05) is 24.4 Å². The van der Waals surface area contributed by atoms with Crippen LogP contribution in [0.2, 0.25) is 0 Å². The van der Waals surface area contributed by atoms with E-state index in [4.69, 9.17) is 4.42 Å². The van der Waals surface area contributed by atoms with E-state index in [1.54, 1.807) is 30.5 Å². The molecule has 4 rings (SSSR count). The number of rotatable bonds is 8. The SMILES string of the molecule is Cc1ccc(NS(=O)(=O)c2cccc(C(=O)NC[C@H](c3ccco3)N3CCCC3)c2)cc1. The minimum absolute atomic E-state index is 0.0350. The molecule has 0 bridgehead atoms. The van der Waals surface area contributed by atoms with E-state index in [-0.39, 0.29) is 22.4 Å². The zero-order valence-electron chi connectivity index (χ0n) is 18.0. The van der Waals surface area contributed by atoms with Gasteiger partial charge < -0.3 is 9.73 Å². The van der Waals surface area contributed by atoms with Gasteiger partial charge in [-0.2, -0.15) is 0 Å². The lowest BCUT2D eigenvalue weighted by Gasteiger charge is -2.26. The lowest BCUT2D eigenvalue weighted by molar-refractivity contribution is 0.0933. The van der Waals surface area contributed by atoms with Crippen LogP contribution in [0.25, 0.3) is 0 Å². The van der Waals surface area contributed by atoms with Gasteiger partial charge in [-0.1, -0.05) is 23.8 Å². The van der Waals surface area contributed by atoms with Crippen LogP contribution < -0.4 is 10.0 Å². The van der Waals surface area contributed by atoms with Crippen molar-refractivity contribution in [1.29, 1.82) is 0 Å². The second-order valence-electron chi connectivity index (χ2n) is 7.98. The Labute approximate surface area is 188 Å². The molecule has 3 aromatic rings. The number of benzene rings is 2. The smallest absolute Gasteiger partial charge is 0.261 e. The van der Waals surface area contributed by atoms with E-state index in [1.807, 2.05) is 31.2 Å². The summed E-state index contributed by atoms with van der Waals surface area (Å²) in [6.07, 6.45) is 3.88. The van der Waals surface area contributed by atoms with Gasteiger partial charge in [-0.25, -0.2) is 8.42 Å². The third-order valence-corrected chi connectivity index (χ3v) is 7.00. The van der Waals surface area contributed by atoms with Crippen molar-refractivity contribution in [3.8, 4) is 0 Å². The summed E-state index contributed by atoms with van der Waals surface area (Å²) in [5.74, 6) is 0.485. The molecule has 1 aromatic heterocycles. The first-order valence-corrected chi connectivity index (χ1v) is 12.2. The van der Waals surface area contributed by atoms with Gasteiger partial charge in [0.25, 0.3) is 15.9 Å². The van der Waals surface area contributed by atoms with Crippen LogP contribution in [0.1, 0.15) is 40.6 Å². The molecule has 0 spiro atoms. The molecule has 1 amide bonds. The highest BCUT2D eigenvalue weighted by Gasteiger charge is 2.26. The minimum Gasteiger partial charge on any atom is -0.468 e. The van der Waals surface area contributed by atoms with Gasteiger partial charge in [0.05, 0.1) is 17.2 Å². The lowest BCUT2D eigenvalue weighted by atomic mass is 10.1. The zero-order valence-corrected chi connectivity index (χ0v) is 18.8. The van der Waals surface area contributed by atoms with Crippen LogP contribution in [-0.4, -0.2) is 38.9 Å². The van der Waals surface area contributed by atoms with Crippen molar-refractivity contribution in [3.05, 3.63) is 83.8 Å². The molecular formula is C24H27N3O4S. The van der Waals surface area contributed by atoms with Gasteiger partial charge in [0.15, 0.2) is 0 Å². The molecule has 0 aliphatic carbocycles. The van der Waals surface area contributed by atoms with E-state index in [9.17, 15) is 13.2 Å². The second-order valence-corrected chi connectivity index (χ2v) is 9.67. The zero-order chi connectivity index (χ0) is 22.6. The molecule has 1 saturated heterocycles. The quantitative estimate of drug-likeness (QED) is 0.539. The normalized spacial score (nSPS) is 15.4. The van der Waals surface area contributed by atoms with Gasteiger partial charge in [0, 0.05) is 17.8 Å². The predicted octanol–water partition coefficient (Wildman–Crippen LogP) is 3.96. The van der Waals surface area contributed by atoms with Crippen LogP contribution in [0.5, 0.6) is 0 Å². The van der Waals surface area contributed by atoms with Crippen LogP contribution in [0, 0.1) is 6.92 Å². The monoisotopic (exact) mass is 453 g/mol. The van der Waals surface area contributed by atoms with Crippen molar-refractivity contribution in [2.45, 2.75) is 30.7 Å². The van der Waals surface area contributed by atoms with Gasteiger partial charge in [-0.15, -0.1) is 0 Å². The maximum absolute atomic E-state index is 12.8. The van der Waals surface area contributed by atoms with Crippen LogP contribution in [0.15, 0.2) is 76.2 Å². The Balaban J connectivity index is 1.46. The maximum atomic E-state index is 12.8. The number of hydrogen-bond acceptors (Lipinski definition) is 5. The number of aryl methyl sites for hydroxylation is 1. The highest BCUT2D eigenvalue weighted by atomic mass is 32.2. The topological polar surface area (TPSA) is 91.6 Å². The molecule has 0 unspecified atom stereocenters. The highest BCUT2D eigenvalue weighted by molar-refractivity contribution is 7.92. The molecule has 32 heavy (non-hydrogen) atoms. The number of carbonyl (C=O) groups is 1. The van der Waals surface area contributed by atoms with Crippen LogP contribution in [0.4, 0.5) is 5.69 Å². The van der Waals surface area contributed by atoms with Crippen LogP contribution in [0.3, 0.4) is 0 Å². The molecular weight excluding hydrogens is 426 g/mol. The van der Waals surface area contributed by atoms with E-state index in [2.05, 4.69) is 14.9 Å². The summed E-state index contributed by atoms with van der Waals surface area (Å²) < 4.78 is 33.7. The standard InChI is InChI=1S/C24H27N3O4S/c1-18-9-11-20(12-10-18)26-32(29,30)21-7-4-6-19(16-21)24(28)25-17-22(23-8-5-15-31-23)27-13-2-3-14-27/h4-12,15-16,22,26H,2-3,13-14,17H2,1H3,(H,25,28)/t22-/m1/s1. The fourth-order valence-corrected chi connectivity index (χ4v) is 4.98. The van der Waals surface area contributed by atoms with Gasteiger partial charge in [-0.3, -0.25) is 14.4 Å². The Hall–Kier alpha value is -3.10. The first kappa shape index (κ1) is 22.1. The second kappa shape index (κ2) is 9.58. The molecule has 2 N–H and O–H groups in total. The molecule has 1 fully saturated rings. The van der Waals surface area contributed by atoms with Gasteiger partial charge in [0.2, 0.25) is 0 Å².